The summed E-state index contributed by atoms with van der Waals surface area (Å²) in [6.07, 6.45) is -1.08. The molecule has 0 aliphatic heterocycles. The van der Waals surface area contributed by atoms with Crippen LogP contribution in [0.5, 0.6) is 5.75 Å². The largest absolute Gasteiger partial charge is 0.489 e. The van der Waals surface area contributed by atoms with E-state index in [-0.39, 0.29) is 6.61 Å². The number of rotatable bonds is 8. The Bertz CT molecular complexity index is 694. The van der Waals surface area contributed by atoms with Crippen molar-refractivity contribution in [2.24, 2.45) is 5.92 Å². The molecular weight excluding hydrogens is 320 g/mol. The molecule has 0 aromatic heterocycles. The Morgan fingerprint density at radius 1 is 1.04 bits per heavy atom. The average Bonchev–Trinajstić information content (AvgIpc) is 2.66. The molecule has 0 saturated carbocycles. The monoisotopic (exact) mass is 342 g/mol. The van der Waals surface area contributed by atoms with Gasteiger partial charge in [0.2, 0.25) is 5.78 Å². The molecule has 0 heterocycles. The Morgan fingerprint density at radius 3 is 2.28 bits per heavy atom. The van der Waals surface area contributed by atoms with Crippen LogP contribution in [-0.2, 0) is 20.9 Å². The standard InChI is InChI=1S/C20H22O5/c1-3-24-20(23)19(22)14(2)18(21)16-9-11-17(12-10-16)25-13-15-7-5-4-6-8-15/h4-12,14,18,21H,3,13H2,1-2H3. The van der Waals surface area contributed by atoms with E-state index in [0.717, 1.165) is 5.56 Å². The highest BCUT2D eigenvalue weighted by Crippen LogP contribution is 2.25. The van der Waals surface area contributed by atoms with Crippen LogP contribution >= 0.6 is 0 Å². The lowest BCUT2D eigenvalue weighted by atomic mass is 9.93. The van der Waals surface area contributed by atoms with E-state index >= 15 is 0 Å². The van der Waals surface area contributed by atoms with E-state index in [4.69, 9.17) is 4.74 Å². The third-order valence-corrected chi connectivity index (χ3v) is 3.83. The molecule has 0 saturated heterocycles. The van der Waals surface area contributed by atoms with Crippen LogP contribution in [0.25, 0.3) is 0 Å². The topological polar surface area (TPSA) is 72.8 Å². The fourth-order valence-electron chi connectivity index (χ4n) is 2.32. The van der Waals surface area contributed by atoms with Crippen LogP contribution in [0.3, 0.4) is 0 Å². The molecule has 0 aliphatic rings. The number of hydrogen-bond acceptors (Lipinski definition) is 5. The number of carbonyl (C=O) groups excluding carboxylic acids is 2. The third-order valence-electron chi connectivity index (χ3n) is 3.83. The molecule has 2 atom stereocenters. The Labute approximate surface area is 147 Å². The zero-order valence-corrected chi connectivity index (χ0v) is 14.3. The van der Waals surface area contributed by atoms with Crippen molar-refractivity contribution in [1.29, 1.82) is 0 Å². The van der Waals surface area contributed by atoms with Crippen molar-refractivity contribution < 1.29 is 24.2 Å². The molecule has 0 bridgehead atoms. The summed E-state index contributed by atoms with van der Waals surface area (Å²) < 4.78 is 10.4. The number of aliphatic hydroxyl groups excluding tert-OH is 1. The number of ether oxygens (including phenoxy) is 2. The molecule has 5 heteroatoms. The molecule has 25 heavy (non-hydrogen) atoms. The van der Waals surface area contributed by atoms with Gasteiger partial charge in [-0.3, -0.25) is 4.79 Å². The fraction of sp³-hybridized carbons (Fsp3) is 0.300. The number of aliphatic hydroxyl groups is 1. The first-order valence-electron chi connectivity index (χ1n) is 8.18. The second kappa shape index (κ2) is 8.99. The molecule has 0 radical (unpaired) electrons. The van der Waals surface area contributed by atoms with Gasteiger partial charge in [0.15, 0.2) is 0 Å². The van der Waals surface area contributed by atoms with Gasteiger partial charge in [-0.15, -0.1) is 0 Å². The van der Waals surface area contributed by atoms with Crippen molar-refractivity contribution >= 4 is 11.8 Å². The highest BCUT2D eigenvalue weighted by molar-refractivity contribution is 6.34. The fourth-order valence-corrected chi connectivity index (χ4v) is 2.32. The number of ketones is 1. The molecule has 1 N–H and O–H groups in total. The van der Waals surface area contributed by atoms with E-state index in [1.165, 1.54) is 6.92 Å². The summed E-state index contributed by atoms with van der Waals surface area (Å²) >= 11 is 0. The second-order valence-electron chi connectivity index (χ2n) is 5.66. The summed E-state index contributed by atoms with van der Waals surface area (Å²) in [7, 11) is 0. The summed E-state index contributed by atoms with van der Waals surface area (Å²) in [6.45, 7) is 3.70. The lowest BCUT2D eigenvalue weighted by molar-refractivity contribution is -0.156. The molecule has 0 amide bonds. The van der Waals surface area contributed by atoms with Gasteiger partial charge in [0.05, 0.1) is 18.6 Å². The van der Waals surface area contributed by atoms with Crippen LogP contribution in [0, 0.1) is 5.92 Å². The number of benzene rings is 2. The van der Waals surface area contributed by atoms with E-state index in [9.17, 15) is 14.7 Å². The molecule has 132 valence electrons. The SMILES string of the molecule is CCOC(=O)C(=O)C(C)C(O)c1ccc(OCc2ccccc2)cc1. The van der Waals surface area contributed by atoms with Crippen molar-refractivity contribution in [2.45, 2.75) is 26.6 Å². The minimum Gasteiger partial charge on any atom is -0.489 e. The first-order chi connectivity index (χ1) is 12.0. The van der Waals surface area contributed by atoms with Gasteiger partial charge in [-0.05, 0) is 30.2 Å². The summed E-state index contributed by atoms with van der Waals surface area (Å²) in [6, 6.07) is 16.6. The first-order valence-corrected chi connectivity index (χ1v) is 8.18. The molecule has 5 nitrogen and oxygen atoms in total. The highest BCUT2D eigenvalue weighted by atomic mass is 16.5. The third kappa shape index (κ3) is 5.16. The van der Waals surface area contributed by atoms with E-state index in [0.29, 0.717) is 17.9 Å². The molecule has 2 rings (SSSR count). The van der Waals surface area contributed by atoms with Crippen LogP contribution in [-0.4, -0.2) is 23.5 Å². The zero-order valence-electron chi connectivity index (χ0n) is 14.3. The minimum atomic E-state index is -1.08. The highest BCUT2D eigenvalue weighted by Gasteiger charge is 2.29. The van der Waals surface area contributed by atoms with Gasteiger partial charge in [-0.1, -0.05) is 49.4 Å². The molecule has 2 aromatic carbocycles. The molecule has 0 aliphatic carbocycles. The van der Waals surface area contributed by atoms with Gasteiger partial charge < -0.3 is 14.6 Å². The van der Waals surface area contributed by atoms with Crippen molar-refractivity contribution in [3.05, 3.63) is 65.7 Å². The Kier molecular flexibility index (Phi) is 6.71. The van der Waals surface area contributed by atoms with Crippen LogP contribution < -0.4 is 4.74 Å². The lowest BCUT2D eigenvalue weighted by Crippen LogP contribution is -2.28. The maximum atomic E-state index is 11.9. The lowest BCUT2D eigenvalue weighted by Gasteiger charge is -2.17. The van der Waals surface area contributed by atoms with Crippen LogP contribution in [0.15, 0.2) is 54.6 Å². The van der Waals surface area contributed by atoms with E-state index in [1.54, 1.807) is 31.2 Å². The Balaban J connectivity index is 1.96. The predicted octanol–water partition coefficient (Wildman–Crippen LogP) is 3.07. The first kappa shape index (κ1) is 18.7. The van der Waals surface area contributed by atoms with Gasteiger partial charge in [-0.2, -0.15) is 0 Å². The van der Waals surface area contributed by atoms with Crippen molar-refractivity contribution in [3.8, 4) is 5.75 Å². The van der Waals surface area contributed by atoms with Gasteiger partial charge in [0.1, 0.15) is 12.4 Å². The van der Waals surface area contributed by atoms with Gasteiger partial charge in [-0.25, -0.2) is 4.79 Å². The van der Waals surface area contributed by atoms with Crippen LogP contribution in [0.1, 0.15) is 31.1 Å². The smallest absolute Gasteiger partial charge is 0.374 e. The van der Waals surface area contributed by atoms with Crippen molar-refractivity contribution in [1.82, 2.24) is 0 Å². The molecular formula is C20H22O5. The van der Waals surface area contributed by atoms with Crippen molar-refractivity contribution in [3.63, 3.8) is 0 Å². The average molecular weight is 342 g/mol. The number of hydrogen-bond donors (Lipinski definition) is 1. The Morgan fingerprint density at radius 2 is 1.68 bits per heavy atom. The van der Waals surface area contributed by atoms with Gasteiger partial charge >= 0.3 is 5.97 Å². The minimum absolute atomic E-state index is 0.126. The van der Waals surface area contributed by atoms with E-state index in [1.807, 2.05) is 30.3 Å². The number of esters is 1. The second-order valence-corrected chi connectivity index (χ2v) is 5.66. The number of Topliss-reactive ketones (excluding diaryl/α,β-unsaturated/α-hetero) is 1. The maximum Gasteiger partial charge on any atom is 0.374 e. The summed E-state index contributed by atoms with van der Waals surface area (Å²) in [5.74, 6) is -1.88. The summed E-state index contributed by atoms with van der Waals surface area (Å²) in [5.41, 5.74) is 1.59. The molecule has 0 fully saturated rings. The van der Waals surface area contributed by atoms with Gasteiger partial charge in [0, 0.05) is 0 Å². The number of carbonyl (C=O) groups is 2. The Hall–Kier alpha value is -2.66. The van der Waals surface area contributed by atoms with Crippen LogP contribution in [0.4, 0.5) is 0 Å². The predicted molar refractivity (Wildman–Crippen MR) is 93.0 cm³/mol. The normalized spacial score (nSPS) is 12.9. The summed E-state index contributed by atoms with van der Waals surface area (Å²) in [5, 5.41) is 10.3. The van der Waals surface area contributed by atoms with E-state index < -0.39 is 23.8 Å². The van der Waals surface area contributed by atoms with E-state index in [2.05, 4.69) is 4.74 Å². The van der Waals surface area contributed by atoms with Crippen LogP contribution in [0.2, 0.25) is 0 Å². The quantitative estimate of drug-likeness (QED) is 0.589. The summed E-state index contributed by atoms with van der Waals surface area (Å²) in [4.78, 5) is 23.4. The van der Waals surface area contributed by atoms with Crippen molar-refractivity contribution in [2.75, 3.05) is 6.61 Å². The zero-order chi connectivity index (χ0) is 18.2. The molecule has 2 unspecified atom stereocenters. The molecule has 0 spiro atoms. The van der Waals surface area contributed by atoms with Gasteiger partial charge in [0.25, 0.3) is 0 Å². The molecule has 2 aromatic rings. The maximum absolute atomic E-state index is 11.9.